The van der Waals surface area contributed by atoms with Gasteiger partial charge >= 0.3 is 0 Å². The van der Waals surface area contributed by atoms with Crippen LogP contribution in [0.15, 0.2) is 23.0 Å². The van der Waals surface area contributed by atoms with E-state index in [1.807, 2.05) is 10.7 Å². The number of unbranched alkanes of at least 4 members (excludes halogenated alkanes) is 1. The molecule has 2 aromatic rings. The molecule has 4 heteroatoms. The molecule has 3 nitrogen and oxygen atoms in total. The monoisotopic (exact) mass is 224 g/mol. The van der Waals surface area contributed by atoms with Crippen LogP contribution in [0.25, 0.3) is 10.9 Å². The fraction of sp³-hybridized carbons (Fsp3) is 0.364. The first kappa shape index (κ1) is 10.3. The minimum absolute atomic E-state index is 0.0661. The summed E-state index contributed by atoms with van der Waals surface area (Å²) in [6, 6.07) is 5.39. The van der Waals surface area contributed by atoms with Crippen LogP contribution in [-0.4, -0.2) is 9.78 Å². The first-order valence-corrected chi connectivity index (χ1v) is 5.48. The van der Waals surface area contributed by atoms with Crippen LogP contribution < -0.4 is 5.56 Å². The maximum atomic E-state index is 11.6. The summed E-state index contributed by atoms with van der Waals surface area (Å²) < 4.78 is 1.89. The smallest absolute Gasteiger partial charge is 0.272 e. The number of halogens is 1. The summed E-state index contributed by atoms with van der Waals surface area (Å²) in [6.07, 6.45) is 2.16. The first-order valence-electron chi connectivity index (χ1n) is 5.10. The van der Waals surface area contributed by atoms with Crippen molar-refractivity contribution in [2.24, 2.45) is 0 Å². The second-order valence-corrected chi connectivity index (χ2v) is 4.04. The molecular formula is C11H13ClN2O. The van der Waals surface area contributed by atoms with Crippen molar-refractivity contribution >= 4 is 22.5 Å². The van der Waals surface area contributed by atoms with Crippen LogP contribution >= 0.6 is 11.6 Å². The van der Waals surface area contributed by atoms with Gasteiger partial charge in [-0.1, -0.05) is 24.9 Å². The lowest BCUT2D eigenvalue weighted by Gasteiger charge is -2.02. The minimum atomic E-state index is -0.0661. The second-order valence-electron chi connectivity index (χ2n) is 3.61. The van der Waals surface area contributed by atoms with Crippen molar-refractivity contribution in [2.75, 3.05) is 0 Å². The molecule has 1 aromatic carbocycles. The van der Waals surface area contributed by atoms with E-state index in [4.69, 9.17) is 11.6 Å². The van der Waals surface area contributed by atoms with Crippen molar-refractivity contribution in [3.63, 3.8) is 0 Å². The van der Waals surface area contributed by atoms with Crippen LogP contribution in [0.1, 0.15) is 19.8 Å². The fourth-order valence-electron chi connectivity index (χ4n) is 1.66. The van der Waals surface area contributed by atoms with E-state index in [1.165, 1.54) is 0 Å². The van der Waals surface area contributed by atoms with Crippen molar-refractivity contribution < 1.29 is 0 Å². The van der Waals surface area contributed by atoms with E-state index < -0.39 is 0 Å². The zero-order chi connectivity index (χ0) is 10.8. The number of hydrogen-bond donors (Lipinski definition) is 1. The molecule has 0 radical (unpaired) electrons. The summed E-state index contributed by atoms with van der Waals surface area (Å²) in [5.41, 5.74) is 0.862. The highest BCUT2D eigenvalue weighted by Gasteiger charge is 2.05. The Morgan fingerprint density at radius 3 is 3.00 bits per heavy atom. The van der Waals surface area contributed by atoms with Gasteiger partial charge in [-0.25, -0.2) is 0 Å². The van der Waals surface area contributed by atoms with Crippen LogP contribution in [0.2, 0.25) is 5.02 Å². The quantitative estimate of drug-likeness (QED) is 0.856. The third kappa shape index (κ3) is 1.92. The lowest BCUT2D eigenvalue weighted by molar-refractivity contribution is 0.584. The van der Waals surface area contributed by atoms with Gasteiger partial charge in [-0.3, -0.25) is 14.6 Å². The third-order valence-corrected chi connectivity index (χ3v) is 2.70. The topological polar surface area (TPSA) is 37.8 Å². The number of H-pyrrole nitrogens is 1. The Bertz CT molecular complexity index is 527. The van der Waals surface area contributed by atoms with Gasteiger partial charge < -0.3 is 0 Å². The largest absolute Gasteiger partial charge is 0.284 e. The van der Waals surface area contributed by atoms with Gasteiger partial charge in [0.1, 0.15) is 0 Å². The third-order valence-electron chi connectivity index (χ3n) is 2.47. The van der Waals surface area contributed by atoms with Crippen LogP contribution in [0.3, 0.4) is 0 Å². The van der Waals surface area contributed by atoms with E-state index in [0.29, 0.717) is 10.4 Å². The van der Waals surface area contributed by atoms with Gasteiger partial charge in [0.05, 0.1) is 10.9 Å². The van der Waals surface area contributed by atoms with Gasteiger partial charge in [-0.2, -0.15) is 0 Å². The van der Waals surface area contributed by atoms with Crippen molar-refractivity contribution in [3.8, 4) is 0 Å². The van der Waals surface area contributed by atoms with E-state index >= 15 is 0 Å². The maximum absolute atomic E-state index is 11.6. The van der Waals surface area contributed by atoms with Gasteiger partial charge in [0.2, 0.25) is 0 Å². The number of fused-ring (bicyclic) bond motifs is 1. The van der Waals surface area contributed by atoms with Crippen LogP contribution in [0, 0.1) is 0 Å². The number of rotatable bonds is 3. The Morgan fingerprint density at radius 1 is 1.47 bits per heavy atom. The molecule has 0 saturated carbocycles. The Kier molecular flexibility index (Phi) is 2.82. The van der Waals surface area contributed by atoms with Crippen molar-refractivity contribution in [1.29, 1.82) is 0 Å². The van der Waals surface area contributed by atoms with Crippen LogP contribution in [0.5, 0.6) is 0 Å². The molecule has 1 aromatic heterocycles. The number of hydrogen-bond acceptors (Lipinski definition) is 1. The summed E-state index contributed by atoms with van der Waals surface area (Å²) in [6.45, 7) is 2.97. The molecule has 80 valence electrons. The normalized spacial score (nSPS) is 11.1. The number of aromatic amines is 1. The van der Waals surface area contributed by atoms with E-state index in [2.05, 4.69) is 12.0 Å². The molecular weight excluding hydrogens is 212 g/mol. The number of benzene rings is 1. The Hall–Kier alpha value is -1.22. The highest BCUT2D eigenvalue weighted by atomic mass is 35.5. The highest BCUT2D eigenvalue weighted by Crippen LogP contribution is 2.16. The molecule has 2 rings (SSSR count). The van der Waals surface area contributed by atoms with Gasteiger partial charge in [0.25, 0.3) is 5.56 Å². The maximum Gasteiger partial charge on any atom is 0.272 e. The van der Waals surface area contributed by atoms with Crippen molar-refractivity contribution in [1.82, 2.24) is 9.78 Å². The van der Waals surface area contributed by atoms with Crippen LogP contribution in [0.4, 0.5) is 0 Å². The molecule has 0 aliphatic rings. The average Bonchev–Trinajstić information content (AvgIpc) is 2.53. The molecule has 0 aliphatic heterocycles. The summed E-state index contributed by atoms with van der Waals surface area (Å²) >= 11 is 5.84. The molecule has 0 fully saturated rings. The van der Waals surface area contributed by atoms with E-state index in [-0.39, 0.29) is 5.56 Å². The van der Waals surface area contributed by atoms with Gasteiger partial charge in [-0.05, 0) is 24.6 Å². The predicted octanol–water partition coefficient (Wildman–Crippen LogP) is 2.78. The summed E-state index contributed by atoms with van der Waals surface area (Å²) in [4.78, 5) is 11.6. The van der Waals surface area contributed by atoms with Crippen LogP contribution in [-0.2, 0) is 6.54 Å². The molecule has 1 N–H and O–H groups in total. The van der Waals surface area contributed by atoms with Gasteiger partial charge in [0.15, 0.2) is 0 Å². The molecule has 0 saturated heterocycles. The first-order chi connectivity index (χ1) is 7.22. The predicted molar refractivity (Wildman–Crippen MR) is 62.5 cm³/mol. The molecule has 0 spiro atoms. The van der Waals surface area contributed by atoms with Gasteiger partial charge in [0, 0.05) is 11.6 Å². The lowest BCUT2D eigenvalue weighted by atomic mass is 10.2. The van der Waals surface area contributed by atoms with E-state index in [0.717, 1.165) is 24.9 Å². The number of nitrogens with zero attached hydrogens (tertiary/aromatic N) is 1. The minimum Gasteiger partial charge on any atom is -0.284 e. The Labute approximate surface area is 92.6 Å². The molecule has 0 unspecified atom stereocenters. The lowest BCUT2D eigenvalue weighted by Crippen LogP contribution is -2.05. The molecule has 15 heavy (non-hydrogen) atoms. The average molecular weight is 225 g/mol. The standard InChI is InChI=1S/C11H13ClN2O/c1-2-3-6-14-10-5-4-8(12)7-9(10)11(15)13-14/h4-5,7H,2-3,6H2,1H3,(H,13,15). The highest BCUT2D eigenvalue weighted by molar-refractivity contribution is 6.31. The Morgan fingerprint density at radius 2 is 2.27 bits per heavy atom. The molecule has 0 atom stereocenters. The molecule has 0 bridgehead atoms. The van der Waals surface area contributed by atoms with Crippen molar-refractivity contribution in [2.45, 2.75) is 26.3 Å². The second kappa shape index (κ2) is 4.11. The Balaban J connectivity index is 2.53. The number of aromatic nitrogens is 2. The van der Waals surface area contributed by atoms with E-state index in [9.17, 15) is 4.79 Å². The summed E-state index contributed by atoms with van der Waals surface area (Å²) in [7, 11) is 0. The molecule has 0 amide bonds. The SMILES string of the molecule is CCCCn1[nH]c(=O)c2cc(Cl)ccc21. The number of aryl methyl sites for hydroxylation is 1. The molecule has 1 heterocycles. The van der Waals surface area contributed by atoms with Gasteiger partial charge in [-0.15, -0.1) is 0 Å². The van der Waals surface area contributed by atoms with E-state index in [1.54, 1.807) is 12.1 Å². The van der Waals surface area contributed by atoms with Crippen molar-refractivity contribution in [3.05, 3.63) is 33.6 Å². The summed E-state index contributed by atoms with van der Waals surface area (Å²) in [5.74, 6) is 0. The fourth-order valence-corrected chi connectivity index (χ4v) is 1.83. The molecule has 0 aliphatic carbocycles. The zero-order valence-corrected chi connectivity index (χ0v) is 9.34. The summed E-state index contributed by atoms with van der Waals surface area (Å²) in [5, 5.41) is 4.08. The number of nitrogens with one attached hydrogen (secondary N) is 1. The zero-order valence-electron chi connectivity index (χ0n) is 8.59.